The average Bonchev–Trinajstić information content (AvgIpc) is 2.86. The maximum Gasteiger partial charge on any atom is 0.254 e. The predicted octanol–water partition coefficient (Wildman–Crippen LogP) is 3.28. The number of carbonyl (C=O) groups excluding carboxylic acids is 2. The molecule has 1 aliphatic heterocycles. The number of halogens is 1. The van der Waals surface area contributed by atoms with Crippen LogP contribution in [0.15, 0.2) is 77.6 Å². The molecule has 0 unspecified atom stereocenters. The highest BCUT2D eigenvalue weighted by Crippen LogP contribution is 2.20. The van der Waals surface area contributed by atoms with Crippen molar-refractivity contribution in [1.29, 1.82) is 0 Å². The van der Waals surface area contributed by atoms with E-state index in [-0.39, 0.29) is 23.8 Å². The number of aromatic nitrogens is 1. The van der Waals surface area contributed by atoms with Crippen LogP contribution in [0.3, 0.4) is 0 Å². The van der Waals surface area contributed by atoms with Gasteiger partial charge < -0.3 is 14.4 Å². The Balaban J connectivity index is 1.36. The molecule has 1 saturated heterocycles. The van der Waals surface area contributed by atoms with Gasteiger partial charge in [-0.1, -0.05) is 30.3 Å². The Labute approximate surface area is 189 Å². The summed E-state index contributed by atoms with van der Waals surface area (Å²) in [4.78, 5) is 42.1. The minimum Gasteiger partial charge on any atom is -0.338 e. The molecule has 4 aromatic rings. The van der Waals surface area contributed by atoms with E-state index in [9.17, 15) is 18.8 Å². The molecular formula is C26H22FN3O3. The summed E-state index contributed by atoms with van der Waals surface area (Å²) < 4.78 is 15.4. The van der Waals surface area contributed by atoms with Crippen LogP contribution in [0, 0.1) is 5.82 Å². The van der Waals surface area contributed by atoms with Gasteiger partial charge >= 0.3 is 0 Å². The lowest BCUT2D eigenvalue weighted by molar-refractivity contribution is -0.133. The van der Waals surface area contributed by atoms with Gasteiger partial charge in [-0.2, -0.15) is 0 Å². The number of hydrogen-bond donors (Lipinski definition) is 0. The number of fused-ring (bicyclic) bond motifs is 2. The molecule has 0 saturated carbocycles. The molecule has 33 heavy (non-hydrogen) atoms. The van der Waals surface area contributed by atoms with E-state index in [0.29, 0.717) is 42.5 Å². The first-order valence-corrected chi connectivity index (χ1v) is 10.9. The zero-order valence-electron chi connectivity index (χ0n) is 17.9. The smallest absolute Gasteiger partial charge is 0.254 e. The topological polar surface area (TPSA) is 62.6 Å². The Morgan fingerprint density at radius 2 is 1.33 bits per heavy atom. The molecule has 0 atom stereocenters. The highest BCUT2D eigenvalue weighted by molar-refractivity contribution is 5.95. The van der Waals surface area contributed by atoms with Crippen molar-refractivity contribution in [3.05, 3.63) is 94.4 Å². The largest absolute Gasteiger partial charge is 0.338 e. The van der Waals surface area contributed by atoms with Gasteiger partial charge in [0.2, 0.25) is 5.91 Å². The van der Waals surface area contributed by atoms with E-state index in [4.69, 9.17) is 0 Å². The number of carbonyl (C=O) groups is 2. The van der Waals surface area contributed by atoms with Gasteiger partial charge in [-0.15, -0.1) is 0 Å². The zero-order valence-corrected chi connectivity index (χ0v) is 17.9. The molecular weight excluding hydrogens is 421 g/mol. The summed E-state index contributed by atoms with van der Waals surface area (Å²) in [6, 6.07) is 20.3. The van der Waals surface area contributed by atoms with E-state index >= 15 is 0 Å². The molecule has 166 valence electrons. The number of nitrogens with zero attached hydrogens (tertiary/aromatic N) is 3. The third-order valence-corrected chi connectivity index (χ3v) is 6.16. The lowest BCUT2D eigenvalue weighted by Crippen LogP contribution is -2.51. The first-order valence-electron chi connectivity index (χ1n) is 10.9. The van der Waals surface area contributed by atoms with Crippen molar-refractivity contribution in [3.8, 4) is 0 Å². The number of pyridine rings is 1. The van der Waals surface area contributed by atoms with Crippen LogP contribution in [0.1, 0.15) is 10.4 Å². The van der Waals surface area contributed by atoms with Crippen molar-refractivity contribution < 1.29 is 14.0 Å². The van der Waals surface area contributed by atoms with Crippen molar-refractivity contribution in [1.82, 2.24) is 14.4 Å². The van der Waals surface area contributed by atoms with Gasteiger partial charge in [-0.25, -0.2) is 4.39 Å². The van der Waals surface area contributed by atoms with E-state index in [1.54, 1.807) is 28.0 Å². The molecule has 1 fully saturated rings. The summed E-state index contributed by atoms with van der Waals surface area (Å²) in [6.07, 6.45) is 0. The monoisotopic (exact) mass is 443 g/mol. The van der Waals surface area contributed by atoms with E-state index in [1.807, 2.05) is 41.0 Å². The fraction of sp³-hybridized carbons (Fsp3) is 0.192. The Bertz CT molecular complexity index is 1380. The summed E-state index contributed by atoms with van der Waals surface area (Å²) >= 11 is 0. The number of hydrogen-bond acceptors (Lipinski definition) is 3. The number of rotatable bonds is 3. The van der Waals surface area contributed by atoms with Gasteiger partial charge in [0.05, 0.1) is 11.0 Å². The summed E-state index contributed by atoms with van der Waals surface area (Å²) in [6.45, 7) is 1.66. The van der Waals surface area contributed by atoms with Crippen molar-refractivity contribution in [2.24, 2.45) is 0 Å². The Morgan fingerprint density at radius 1 is 0.758 bits per heavy atom. The predicted molar refractivity (Wildman–Crippen MR) is 125 cm³/mol. The van der Waals surface area contributed by atoms with Crippen molar-refractivity contribution >= 4 is 33.6 Å². The van der Waals surface area contributed by atoms with Crippen molar-refractivity contribution in [2.45, 2.75) is 6.54 Å². The maximum atomic E-state index is 13.5. The first-order chi connectivity index (χ1) is 16.0. The minimum atomic E-state index is -0.449. The number of benzene rings is 3. The molecule has 0 N–H and O–H groups in total. The van der Waals surface area contributed by atoms with Crippen LogP contribution < -0.4 is 5.43 Å². The van der Waals surface area contributed by atoms with E-state index in [1.165, 1.54) is 18.2 Å². The molecule has 0 spiro atoms. The van der Waals surface area contributed by atoms with Crippen LogP contribution in [0.4, 0.5) is 4.39 Å². The normalized spacial score (nSPS) is 14.1. The summed E-state index contributed by atoms with van der Waals surface area (Å²) in [5.41, 5.74) is 1.69. The number of amides is 2. The van der Waals surface area contributed by atoms with Crippen LogP contribution in [-0.2, 0) is 11.3 Å². The summed E-state index contributed by atoms with van der Waals surface area (Å²) in [5, 5.41) is 1.16. The fourth-order valence-electron chi connectivity index (χ4n) is 4.45. The first kappa shape index (κ1) is 20.9. The van der Waals surface area contributed by atoms with Gasteiger partial charge in [0, 0.05) is 42.5 Å². The lowest BCUT2D eigenvalue weighted by Gasteiger charge is -2.35. The third-order valence-electron chi connectivity index (χ3n) is 6.16. The molecule has 0 aliphatic carbocycles. The second-order valence-corrected chi connectivity index (χ2v) is 8.13. The van der Waals surface area contributed by atoms with Crippen LogP contribution >= 0.6 is 0 Å². The molecule has 2 heterocycles. The van der Waals surface area contributed by atoms with Crippen molar-refractivity contribution in [3.63, 3.8) is 0 Å². The second-order valence-electron chi connectivity index (χ2n) is 8.13. The second kappa shape index (κ2) is 8.50. The Morgan fingerprint density at radius 3 is 1.94 bits per heavy atom. The molecule has 2 amide bonds. The Kier molecular flexibility index (Phi) is 5.38. The van der Waals surface area contributed by atoms with Gasteiger partial charge in [-0.3, -0.25) is 14.4 Å². The van der Waals surface area contributed by atoms with Crippen LogP contribution in [0.2, 0.25) is 0 Å². The quantitative estimate of drug-likeness (QED) is 0.457. The average molecular weight is 443 g/mol. The van der Waals surface area contributed by atoms with Crippen molar-refractivity contribution in [2.75, 3.05) is 26.2 Å². The van der Waals surface area contributed by atoms with Gasteiger partial charge in [0.1, 0.15) is 12.4 Å². The molecule has 7 heteroatoms. The summed E-state index contributed by atoms with van der Waals surface area (Å²) in [5.74, 6) is -0.763. The Hall–Kier alpha value is -4.00. The number of para-hydroxylation sites is 2. The molecule has 1 aromatic heterocycles. The third kappa shape index (κ3) is 3.86. The standard InChI is InChI=1S/C26H22FN3O3/c27-19-7-5-6-18(16-19)26(33)29-14-12-28(13-15-29)24(31)17-30-22-10-3-1-8-20(22)25(32)21-9-2-4-11-23(21)30/h1-11,16H,12-15,17H2. The van der Waals surface area contributed by atoms with Crippen LogP contribution in [-0.4, -0.2) is 52.4 Å². The maximum absolute atomic E-state index is 13.5. The molecule has 0 bridgehead atoms. The fourth-order valence-corrected chi connectivity index (χ4v) is 4.45. The highest BCUT2D eigenvalue weighted by Gasteiger charge is 2.25. The molecule has 1 aliphatic rings. The van der Waals surface area contributed by atoms with Gasteiger partial charge in [0.25, 0.3) is 5.91 Å². The molecule has 5 rings (SSSR count). The van der Waals surface area contributed by atoms with Gasteiger partial charge in [-0.05, 0) is 42.5 Å². The number of piperazine rings is 1. The molecule has 3 aromatic carbocycles. The molecule has 6 nitrogen and oxygen atoms in total. The SMILES string of the molecule is O=C(Cn1c2ccccc2c(=O)c2ccccc21)N1CCN(C(=O)c2cccc(F)c2)CC1. The highest BCUT2D eigenvalue weighted by atomic mass is 19.1. The van der Waals surface area contributed by atoms with E-state index in [0.717, 1.165) is 11.0 Å². The van der Waals surface area contributed by atoms with Crippen LogP contribution in [0.5, 0.6) is 0 Å². The van der Waals surface area contributed by atoms with E-state index < -0.39 is 5.82 Å². The lowest BCUT2D eigenvalue weighted by atomic mass is 10.1. The minimum absolute atomic E-state index is 0.0469. The van der Waals surface area contributed by atoms with Gasteiger partial charge in [0.15, 0.2) is 5.43 Å². The summed E-state index contributed by atoms with van der Waals surface area (Å²) in [7, 11) is 0. The molecule has 0 radical (unpaired) electrons. The van der Waals surface area contributed by atoms with Crippen LogP contribution in [0.25, 0.3) is 21.8 Å². The van der Waals surface area contributed by atoms with E-state index in [2.05, 4.69) is 0 Å². The zero-order chi connectivity index (χ0) is 22.9.